The molecule has 1 unspecified atom stereocenters. The molecule has 0 fully saturated rings. The smallest absolute Gasteiger partial charge is 0.335 e. The molecule has 6 heteroatoms. The molecule has 3 aromatic carbocycles. The zero-order chi connectivity index (χ0) is 21.8. The van der Waals surface area contributed by atoms with Crippen molar-refractivity contribution < 1.29 is 19.4 Å². The van der Waals surface area contributed by atoms with Crippen LogP contribution in [0.1, 0.15) is 40.9 Å². The summed E-state index contributed by atoms with van der Waals surface area (Å²) in [5, 5.41) is 16.1. The van der Waals surface area contributed by atoms with E-state index in [1.165, 1.54) is 0 Å². The highest BCUT2D eigenvalue weighted by Crippen LogP contribution is 2.37. The summed E-state index contributed by atoms with van der Waals surface area (Å²) in [6, 6.07) is 22.7. The number of hydrogen-bond acceptors (Lipinski definition) is 5. The van der Waals surface area contributed by atoms with Crippen molar-refractivity contribution in [3.8, 4) is 11.5 Å². The molecule has 3 aromatic rings. The molecule has 1 aliphatic rings. The van der Waals surface area contributed by atoms with Gasteiger partial charge in [-0.2, -0.15) is 5.10 Å². The number of aromatic carboxylic acids is 1. The number of carbonyl (C=O) groups is 1. The standard InChI is InChI=1S/C25H24N2O4/c1-3-31-22-14-6-17(7-15-22)23-16-24(18-8-12-21(30-2)13-9-18)27(26-23)20-10-4-19(5-11-20)25(28)29/h4-15,24H,3,16H2,1-2H3,(H,28,29). The fourth-order valence-electron chi connectivity index (χ4n) is 3.68. The van der Waals surface area contributed by atoms with Crippen molar-refractivity contribution in [2.75, 3.05) is 18.7 Å². The molecule has 0 bridgehead atoms. The van der Waals surface area contributed by atoms with E-state index in [9.17, 15) is 9.90 Å². The number of carboxylic acids is 1. The number of rotatable bonds is 7. The minimum atomic E-state index is -0.946. The first kappa shape index (κ1) is 20.5. The molecule has 0 saturated carbocycles. The average Bonchev–Trinajstić information content (AvgIpc) is 3.25. The monoisotopic (exact) mass is 416 g/mol. The van der Waals surface area contributed by atoms with Crippen LogP contribution in [-0.2, 0) is 0 Å². The normalized spacial score (nSPS) is 15.5. The summed E-state index contributed by atoms with van der Waals surface area (Å²) in [7, 11) is 1.65. The second-order valence-electron chi connectivity index (χ2n) is 7.19. The van der Waals surface area contributed by atoms with Crippen LogP contribution in [0, 0.1) is 0 Å². The van der Waals surface area contributed by atoms with Crippen molar-refractivity contribution in [3.63, 3.8) is 0 Å². The number of ether oxygens (including phenoxy) is 2. The minimum Gasteiger partial charge on any atom is -0.497 e. The van der Waals surface area contributed by atoms with Crippen molar-refractivity contribution in [3.05, 3.63) is 89.5 Å². The van der Waals surface area contributed by atoms with Crippen molar-refractivity contribution >= 4 is 17.4 Å². The van der Waals surface area contributed by atoms with Gasteiger partial charge in [-0.05, 0) is 78.7 Å². The van der Waals surface area contributed by atoms with Crippen LogP contribution in [0.25, 0.3) is 0 Å². The van der Waals surface area contributed by atoms with Crippen LogP contribution in [0.2, 0.25) is 0 Å². The van der Waals surface area contributed by atoms with Gasteiger partial charge in [-0.25, -0.2) is 4.79 Å². The second-order valence-corrected chi connectivity index (χ2v) is 7.19. The van der Waals surface area contributed by atoms with Crippen LogP contribution in [-0.4, -0.2) is 30.5 Å². The zero-order valence-electron chi connectivity index (χ0n) is 17.5. The Labute approximate surface area is 181 Å². The Bertz CT molecular complexity index is 1070. The molecule has 6 nitrogen and oxygen atoms in total. The first-order chi connectivity index (χ1) is 15.1. The van der Waals surface area contributed by atoms with E-state index in [2.05, 4.69) is 0 Å². The van der Waals surface area contributed by atoms with E-state index >= 15 is 0 Å². The van der Waals surface area contributed by atoms with Gasteiger partial charge in [-0.15, -0.1) is 0 Å². The summed E-state index contributed by atoms with van der Waals surface area (Å²) in [6.45, 7) is 2.59. The Kier molecular flexibility index (Phi) is 5.89. The second kappa shape index (κ2) is 8.92. The zero-order valence-corrected chi connectivity index (χ0v) is 17.5. The van der Waals surface area contributed by atoms with E-state index in [1.807, 2.05) is 60.5 Å². The Morgan fingerprint density at radius 1 is 1.00 bits per heavy atom. The van der Waals surface area contributed by atoms with Crippen LogP contribution in [0.5, 0.6) is 11.5 Å². The van der Waals surface area contributed by atoms with Gasteiger partial charge in [0, 0.05) is 6.42 Å². The minimum absolute atomic E-state index is 0.0110. The van der Waals surface area contributed by atoms with Gasteiger partial charge < -0.3 is 14.6 Å². The molecule has 0 radical (unpaired) electrons. The molecule has 0 aliphatic carbocycles. The van der Waals surface area contributed by atoms with E-state index in [1.54, 1.807) is 31.4 Å². The van der Waals surface area contributed by atoms with E-state index in [4.69, 9.17) is 14.6 Å². The number of hydrazone groups is 1. The van der Waals surface area contributed by atoms with Crippen LogP contribution >= 0.6 is 0 Å². The van der Waals surface area contributed by atoms with Crippen LogP contribution in [0.15, 0.2) is 77.9 Å². The van der Waals surface area contributed by atoms with Gasteiger partial charge in [0.2, 0.25) is 0 Å². The molecular weight excluding hydrogens is 392 g/mol. The maximum atomic E-state index is 11.2. The summed E-state index contributed by atoms with van der Waals surface area (Å²) in [5.74, 6) is 0.683. The summed E-state index contributed by atoms with van der Waals surface area (Å²) < 4.78 is 10.8. The van der Waals surface area contributed by atoms with E-state index in [0.29, 0.717) is 6.61 Å². The molecular formula is C25H24N2O4. The number of methoxy groups -OCH3 is 1. The predicted molar refractivity (Wildman–Crippen MR) is 120 cm³/mol. The third-order valence-electron chi connectivity index (χ3n) is 5.29. The number of anilines is 1. The number of nitrogens with zero attached hydrogens (tertiary/aromatic N) is 2. The SMILES string of the molecule is CCOc1ccc(C2=NN(c3ccc(C(=O)O)cc3)C(c3ccc(OC)cc3)C2)cc1. The highest BCUT2D eigenvalue weighted by Gasteiger charge is 2.30. The highest BCUT2D eigenvalue weighted by molar-refractivity contribution is 6.03. The summed E-state index contributed by atoms with van der Waals surface area (Å²) in [6.07, 6.45) is 0.723. The topological polar surface area (TPSA) is 71.4 Å². The van der Waals surface area contributed by atoms with Crippen LogP contribution < -0.4 is 14.5 Å². The average molecular weight is 416 g/mol. The van der Waals surface area contributed by atoms with Gasteiger partial charge in [0.1, 0.15) is 11.5 Å². The molecule has 158 valence electrons. The molecule has 31 heavy (non-hydrogen) atoms. The fraction of sp³-hybridized carbons (Fsp3) is 0.200. The molecule has 0 spiro atoms. The van der Waals surface area contributed by atoms with Gasteiger partial charge in [0.05, 0.1) is 36.7 Å². The van der Waals surface area contributed by atoms with E-state index in [0.717, 1.165) is 40.4 Å². The third kappa shape index (κ3) is 4.38. The largest absolute Gasteiger partial charge is 0.497 e. The molecule has 0 aromatic heterocycles. The molecule has 4 rings (SSSR count). The summed E-state index contributed by atoms with van der Waals surface area (Å²) >= 11 is 0. The molecule has 1 heterocycles. The van der Waals surface area contributed by atoms with Gasteiger partial charge in [0.25, 0.3) is 0 Å². The first-order valence-electron chi connectivity index (χ1n) is 10.2. The fourth-order valence-corrected chi connectivity index (χ4v) is 3.68. The van der Waals surface area contributed by atoms with E-state index in [-0.39, 0.29) is 11.6 Å². The lowest BCUT2D eigenvalue weighted by Crippen LogP contribution is -2.18. The summed E-state index contributed by atoms with van der Waals surface area (Å²) in [4.78, 5) is 11.2. The van der Waals surface area contributed by atoms with Gasteiger partial charge in [0.15, 0.2) is 0 Å². The van der Waals surface area contributed by atoms with Crippen molar-refractivity contribution in [1.29, 1.82) is 0 Å². The molecule has 1 atom stereocenters. The van der Waals surface area contributed by atoms with E-state index < -0.39 is 5.97 Å². The third-order valence-corrected chi connectivity index (χ3v) is 5.29. The summed E-state index contributed by atoms with van der Waals surface area (Å²) in [5.41, 5.74) is 4.19. The molecule has 0 saturated heterocycles. The molecule has 1 N–H and O–H groups in total. The molecule has 0 amide bonds. The number of carboxylic acid groups (broad SMARTS) is 1. The van der Waals surface area contributed by atoms with Gasteiger partial charge >= 0.3 is 5.97 Å². The van der Waals surface area contributed by atoms with Gasteiger partial charge in [-0.1, -0.05) is 12.1 Å². The maximum absolute atomic E-state index is 11.2. The maximum Gasteiger partial charge on any atom is 0.335 e. The lowest BCUT2D eigenvalue weighted by Gasteiger charge is -2.24. The Morgan fingerprint density at radius 2 is 1.65 bits per heavy atom. The quantitative estimate of drug-likeness (QED) is 0.577. The number of hydrogen-bond donors (Lipinski definition) is 1. The van der Waals surface area contributed by atoms with Crippen LogP contribution in [0.4, 0.5) is 5.69 Å². The highest BCUT2D eigenvalue weighted by atomic mass is 16.5. The lowest BCUT2D eigenvalue weighted by molar-refractivity contribution is 0.0697. The van der Waals surface area contributed by atoms with Crippen molar-refractivity contribution in [2.45, 2.75) is 19.4 Å². The Balaban J connectivity index is 1.68. The predicted octanol–water partition coefficient (Wildman–Crippen LogP) is 5.15. The van der Waals surface area contributed by atoms with Crippen molar-refractivity contribution in [2.24, 2.45) is 5.10 Å². The number of benzene rings is 3. The lowest BCUT2D eigenvalue weighted by atomic mass is 9.98. The first-order valence-corrected chi connectivity index (χ1v) is 10.2. The Morgan fingerprint density at radius 3 is 2.23 bits per heavy atom. The van der Waals surface area contributed by atoms with Crippen molar-refractivity contribution in [1.82, 2.24) is 0 Å². The Hall–Kier alpha value is -3.80. The van der Waals surface area contributed by atoms with Gasteiger partial charge in [-0.3, -0.25) is 5.01 Å². The van der Waals surface area contributed by atoms with Crippen LogP contribution in [0.3, 0.4) is 0 Å². The molecule has 1 aliphatic heterocycles.